The van der Waals surface area contributed by atoms with Gasteiger partial charge in [0.25, 0.3) is 5.91 Å². The predicted molar refractivity (Wildman–Crippen MR) is 117 cm³/mol. The number of anilines is 3. The predicted octanol–water partition coefficient (Wildman–Crippen LogP) is 4.62. The summed E-state index contributed by atoms with van der Waals surface area (Å²) in [4.78, 5) is 18.7. The van der Waals surface area contributed by atoms with Gasteiger partial charge in [-0.25, -0.2) is 4.39 Å². The maximum absolute atomic E-state index is 13.6. The molecule has 150 valence electrons. The number of aromatic nitrogens is 1. The topological polar surface area (TPSA) is 57.3 Å². The summed E-state index contributed by atoms with van der Waals surface area (Å²) < 4.78 is 13.6. The number of nitrogens with one attached hydrogen (secondary N) is 2. The molecule has 1 fully saturated rings. The van der Waals surface area contributed by atoms with Crippen molar-refractivity contribution < 1.29 is 9.18 Å². The fraction of sp³-hybridized carbons (Fsp3) is 0.167. The van der Waals surface area contributed by atoms with Gasteiger partial charge >= 0.3 is 0 Å². The van der Waals surface area contributed by atoms with Crippen molar-refractivity contribution in [1.29, 1.82) is 0 Å². The van der Waals surface area contributed by atoms with E-state index in [-0.39, 0.29) is 11.7 Å². The molecule has 0 bridgehead atoms. The second kappa shape index (κ2) is 7.63. The molecule has 0 radical (unpaired) electrons. The number of halogens is 1. The minimum Gasteiger partial charge on any atom is -0.371 e. The van der Waals surface area contributed by atoms with Crippen LogP contribution in [0.3, 0.4) is 0 Å². The van der Waals surface area contributed by atoms with Gasteiger partial charge in [0.15, 0.2) is 0 Å². The smallest absolute Gasteiger partial charge is 0.257 e. The molecule has 0 aliphatic carbocycles. The third-order valence-electron chi connectivity index (χ3n) is 5.75. The number of pyridine rings is 1. The second-order valence-electron chi connectivity index (χ2n) is 7.61. The van der Waals surface area contributed by atoms with Crippen LogP contribution in [-0.4, -0.2) is 24.0 Å². The van der Waals surface area contributed by atoms with Crippen molar-refractivity contribution in [3.05, 3.63) is 90.1 Å². The summed E-state index contributed by atoms with van der Waals surface area (Å²) in [7, 11) is 0. The number of carbonyl (C=O) groups is 1. The minimum atomic E-state index is -0.365. The highest BCUT2D eigenvalue weighted by Gasteiger charge is 2.25. The molecule has 2 aliphatic rings. The zero-order valence-electron chi connectivity index (χ0n) is 16.3. The lowest BCUT2D eigenvalue weighted by molar-refractivity contribution is -0.110. The molecule has 2 aromatic carbocycles. The van der Waals surface area contributed by atoms with Gasteiger partial charge in [-0.05, 0) is 66.6 Å². The Kier molecular flexibility index (Phi) is 4.67. The molecule has 2 aliphatic heterocycles. The minimum absolute atomic E-state index is 0.237. The van der Waals surface area contributed by atoms with E-state index in [4.69, 9.17) is 0 Å². The van der Waals surface area contributed by atoms with E-state index in [1.807, 2.05) is 24.5 Å². The van der Waals surface area contributed by atoms with Gasteiger partial charge in [0.05, 0.1) is 5.57 Å². The quantitative estimate of drug-likeness (QED) is 0.628. The first-order valence-corrected chi connectivity index (χ1v) is 10.0. The van der Waals surface area contributed by atoms with Crippen LogP contribution in [0.5, 0.6) is 0 Å². The lowest BCUT2D eigenvalue weighted by Gasteiger charge is -2.19. The standard InChI is InChI=1S/C24H21FN4O/c25-18-1-6-23-21(13-18)22(24(30)28-23)14-27-19-2-4-20(5-3-19)29-12-9-17(15-29)16-7-10-26-11-8-16/h1-8,10-11,13-14,17,27H,9,12,15H2,(H,28,30). The fourth-order valence-corrected chi connectivity index (χ4v) is 4.13. The molecule has 5 rings (SSSR count). The number of benzene rings is 2. The highest BCUT2D eigenvalue weighted by atomic mass is 19.1. The van der Waals surface area contributed by atoms with Gasteiger partial charge in [0.2, 0.25) is 0 Å². The number of fused-ring (bicyclic) bond motifs is 1. The average Bonchev–Trinajstić information content (AvgIpc) is 3.38. The molecule has 1 saturated heterocycles. The summed E-state index contributed by atoms with van der Waals surface area (Å²) in [5, 5.41) is 5.91. The van der Waals surface area contributed by atoms with Crippen LogP contribution in [0, 0.1) is 5.82 Å². The first-order chi connectivity index (χ1) is 14.7. The van der Waals surface area contributed by atoms with Crippen LogP contribution in [0.4, 0.5) is 21.5 Å². The fourth-order valence-electron chi connectivity index (χ4n) is 4.13. The average molecular weight is 400 g/mol. The lowest BCUT2D eigenvalue weighted by Crippen LogP contribution is -2.19. The van der Waals surface area contributed by atoms with Crippen molar-refractivity contribution in [2.75, 3.05) is 28.6 Å². The second-order valence-corrected chi connectivity index (χ2v) is 7.61. The normalized spacial score (nSPS) is 19.1. The Morgan fingerprint density at radius 1 is 1.10 bits per heavy atom. The van der Waals surface area contributed by atoms with E-state index in [1.54, 1.807) is 12.3 Å². The first-order valence-electron chi connectivity index (χ1n) is 10.0. The van der Waals surface area contributed by atoms with E-state index >= 15 is 0 Å². The van der Waals surface area contributed by atoms with Crippen LogP contribution < -0.4 is 15.5 Å². The number of amides is 1. The zero-order valence-corrected chi connectivity index (χ0v) is 16.3. The van der Waals surface area contributed by atoms with Crippen molar-refractivity contribution in [3.63, 3.8) is 0 Å². The van der Waals surface area contributed by atoms with Gasteiger partial charge in [-0.1, -0.05) is 0 Å². The number of rotatable bonds is 4. The van der Waals surface area contributed by atoms with Crippen LogP contribution in [0.15, 0.2) is 73.2 Å². The highest BCUT2D eigenvalue weighted by molar-refractivity contribution is 6.31. The molecule has 6 heteroatoms. The Labute approximate surface area is 174 Å². The molecular weight excluding hydrogens is 379 g/mol. The van der Waals surface area contributed by atoms with Crippen LogP contribution >= 0.6 is 0 Å². The number of carbonyl (C=O) groups excluding carboxylic acids is 1. The molecule has 3 aromatic rings. The van der Waals surface area contributed by atoms with Crippen molar-refractivity contribution in [1.82, 2.24) is 4.98 Å². The van der Waals surface area contributed by atoms with Crippen molar-refractivity contribution in [2.24, 2.45) is 0 Å². The van der Waals surface area contributed by atoms with Crippen LogP contribution in [0.25, 0.3) is 5.57 Å². The molecule has 1 atom stereocenters. The third kappa shape index (κ3) is 3.52. The molecule has 1 aromatic heterocycles. The molecule has 5 nitrogen and oxygen atoms in total. The van der Waals surface area contributed by atoms with Gasteiger partial charge < -0.3 is 15.5 Å². The molecule has 1 unspecified atom stereocenters. The number of nitrogens with zero attached hydrogens (tertiary/aromatic N) is 2. The van der Waals surface area contributed by atoms with Gasteiger partial charge in [-0.2, -0.15) is 0 Å². The van der Waals surface area contributed by atoms with Crippen LogP contribution in [-0.2, 0) is 4.79 Å². The molecule has 0 spiro atoms. The van der Waals surface area contributed by atoms with E-state index in [2.05, 4.69) is 44.8 Å². The van der Waals surface area contributed by atoms with Gasteiger partial charge in [0.1, 0.15) is 5.82 Å². The van der Waals surface area contributed by atoms with E-state index in [0.29, 0.717) is 22.7 Å². The molecule has 30 heavy (non-hydrogen) atoms. The van der Waals surface area contributed by atoms with E-state index in [0.717, 1.165) is 25.2 Å². The molecule has 3 heterocycles. The Bertz CT molecular complexity index is 1110. The maximum Gasteiger partial charge on any atom is 0.257 e. The monoisotopic (exact) mass is 400 g/mol. The molecule has 0 saturated carbocycles. The van der Waals surface area contributed by atoms with Crippen LogP contribution in [0.1, 0.15) is 23.5 Å². The Morgan fingerprint density at radius 2 is 1.90 bits per heavy atom. The Hall–Kier alpha value is -3.67. The van der Waals surface area contributed by atoms with E-state index in [9.17, 15) is 9.18 Å². The molecule has 2 N–H and O–H groups in total. The maximum atomic E-state index is 13.6. The largest absolute Gasteiger partial charge is 0.371 e. The highest BCUT2D eigenvalue weighted by Crippen LogP contribution is 2.33. The van der Waals surface area contributed by atoms with Crippen LogP contribution in [0.2, 0.25) is 0 Å². The first kappa shape index (κ1) is 18.4. The van der Waals surface area contributed by atoms with Crippen molar-refractivity contribution >= 4 is 28.5 Å². The summed E-state index contributed by atoms with van der Waals surface area (Å²) in [6, 6.07) is 16.6. The van der Waals surface area contributed by atoms with Crippen molar-refractivity contribution in [3.8, 4) is 0 Å². The lowest BCUT2D eigenvalue weighted by atomic mass is 10.00. The van der Waals surface area contributed by atoms with E-state index in [1.165, 1.54) is 23.4 Å². The summed E-state index contributed by atoms with van der Waals surface area (Å²) in [5.41, 5.74) is 5.01. The SMILES string of the molecule is O=C1Nc2ccc(F)cc2C1=CNc1ccc(N2CCC(c3ccncc3)C2)cc1. The van der Waals surface area contributed by atoms with Gasteiger partial charge in [0, 0.05) is 60.2 Å². The summed E-state index contributed by atoms with van der Waals surface area (Å²) >= 11 is 0. The number of hydrogen-bond acceptors (Lipinski definition) is 4. The third-order valence-corrected chi connectivity index (χ3v) is 5.75. The summed E-state index contributed by atoms with van der Waals surface area (Å²) in [6.45, 7) is 2.01. The number of hydrogen-bond donors (Lipinski definition) is 2. The van der Waals surface area contributed by atoms with E-state index < -0.39 is 0 Å². The van der Waals surface area contributed by atoms with Gasteiger partial charge in [-0.3, -0.25) is 9.78 Å². The molecular formula is C24H21FN4O. The Balaban J connectivity index is 1.27. The summed E-state index contributed by atoms with van der Waals surface area (Å²) in [5.74, 6) is -0.0768. The zero-order chi connectivity index (χ0) is 20.5. The summed E-state index contributed by atoms with van der Waals surface area (Å²) in [6.07, 6.45) is 6.46. The Morgan fingerprint density at radius 3 is 2.70 bits per heavy atom. The molecule has 1 amide bonds. The van der Waals surface area contributed by atoms with Crippen molar-refractivity contribution in [2.45, 2.75) is 12.3 Å². The van der Waals surface area contributed by atoms with Gasteiger partial charge in [-0.15, -0.1) is 0 Å².